The third-order valence-corrected chi connectivity index (χ3v) is 7.34. The van der Waals surface area contributed by atoms with E-state index in [1.807, 2.05) is 62.4 Å². The lowest BCUT2D eigenvalue weighted by atomic mass is 10.1. The van der Waals surface area contributed by atoms with E-state index in [2.05, 4.69) is 10.1 Å². The summed E-state index contributed by atoms with van der Waals surface area (Å²) in [5, 5.41) is 4.17. The highest BCUT2D eigenvalue weighted by Crippen LogP contribution is 2.24. The number of piperazine rings is 1. The Morgan fingerprint density at radius 2 is 1.69 bits per heavy atom. The van der Waals surface area contributed by atoms with Crippen molar-refractivity contribution in [3.63, 3.8) is 0 Å². The van der Waals surface area contributed by atoms with E-state index in [9.17, 15) is 8.42 Å². The van der Waals surface area contributed by atoms with Gasteiger partial charge in [0.15, 0.2) is 5.76 Å². The van der Waals surface area contributed by atoms with E-state index in [1.165, 1.54) is 0 Å². The first kappa shape index (κ1) is 19.8. The maximum Gasteiger partial charge on any atom is 0.243 e. The summed E-state index contributed by atoms with van der Waals surface area (Å²) < 4.78 is 33.1. The van der Waals surface area contributed by atoms with Gasteiger partial charge in [-0.05, 0) is 25.5 Å². The van der Waals surface area contributed by atoms with Gasteiger partial charge in [0.2, 0.25) is 10.0 Å². The topological polar surface area (TPSA) is 66.7 Å². The van der Waals surface area contributed by atoms with Crippen LogP contribution in [0.5, 0.6) is 0 Å². The number of benzene rings is 2. The van der Waals surface area contributed by atoms with Crippen molar-refractivity contribution in [2.45, 2.75) is 25.3 Å². The molecule has 2 aromatic carbocycles. The molecule has 0 atom stereocenters. The van der Waals surface area contributed by atoms with E-state index in [0.717, 1.165) is 28.1 Å². The first-order chi connectivity index (χ1) is 13.9. The second-order valence-electron chi connectivity index (χ2n) is 7.50. The van der Waals surface area contributed by atoms with Crippen LogP contribution in [0.25, 0.3) is 11.3 Å². The highest BCUT2D eigenvalue weighted by atomic mass is 32.2. The zero-order valence-electron chi connectivity index (χ0n) is 16.7. The molecule has 1 fully saturated rings. The Kier molecular flexibility index (Phi) is 5.54. The summed E-state index contributed by atoms with van der Waals surface area (Å²) in [6.45, 7) is 6.74. The Hall–Kier alpha value is -2.48. The number of hydrogen-bond donors (Lipinski definition) is 0. The molecule has 4 rings (SSSR count). The average Bonchev–Trinajstić information content (AvgIpc) is 3.17. The SMILES string of the molecule is Cc1ccc(S(=O)(=O)N2CCN(Cc3cc(-c4ccccc4)on3)CC2)c(C)c1. The summed E-state index contributed by atoms with van der Waals surface area (Å²) in [5.41, 5.74) is 3.71. The zero-order chi connectivity index (χ0) is 20.4. The van der Waals surface area contributed by atoms with Crippen molar-refractivity contribution in [1.82, 2.24) is 14.4 Å². The van der Waals surface area contributed by atoms with Crippen LogP contribution in [0.2, 0.25) is 0 Å². The van der Waals surface area contributed by atoms with Crippen molar-refractivity contribution in [3.05, 3.63) is 71.4 Å². The second kappa shape index (κ2) is 8.10. The van der Waals surface area contributed by atoms with Gasteiger partial charge in [-0.25, -0.2) is 8.42 Å². The van der Waals surface area contributed by atoms with E-state index in [-0.39, 0.29) is 0 Å². The highest BCUT2D eigenvalue weighted by Gasteiger charge is 2.29. The maximum absolute atomic E-state index is 13.0. The summed E-state index contributed by atoms with van der Waals surface area (Å²) in [5.74, 6) is 0.747. The molecule has 3 aromatic rings. The fourth-order valence-electron chi connectivity index (χ4n) is 3.71. The van der Waals surface area contributed by atoms with Crippen LogP contribution < -0.4 is 0 Å². The summed E-state index contributed by atoms with van der Waals surface area (Å²) >= 11 is 0. The van der Waals surface area contributed by atoms with Crippen molar-refractivity contribution < 1.29 is 12.9 Å². The lowest BCUT2D eigenvalue weighted by Gasteiger charge is -2.33. The molecule has 0 spiro atoms. The predicted molar refractivity (Wildman–Crippen MR) is 112 cm³/mol. The fraction of sp³-hybridized carbons (Fsp3) is 0.318. The molecule has 0 amide bonds. The molecule has 1 aromatic heterocycles. The smallest absolute Gasteiger partial charge is 0.243 e. The molecule has 2 heterocycles. The number of aromatic nitrogens is 1. The molecule has 0 saturated carbocycles. The van der Waals surface area contributed by atoms with Crippen LogP contribution in [0, 0.1) is 13.8 Å². The summed E-state index contributed by atoms with van der Waals surface area (Å²) in [6.07, 6.45) is 0. The standard InChI is InChI=1S/C22H25N3O3S/c1-17-8-9-22(18(2)14-17)29(26,27)25-12-10-24(11-13-25)16-20-15-21(28-23-20)19-6-4-3-5-7-19/h3-9,14-15H,10-13,16H2,1-2H3. The summed E-state index contributed by atoms with van der Waals surface area (Å²) in [6, 6.07) is 17.3. The fourth-order valence-corrected chi connectivity index (χ4v) is 5.34. The van der Waals surface area contributed by atoms with Gasteiger partial charge in [-0.15, -0.1) is 0 Å². The molecule has 1 aliphatic rings. The van der Waals surface area contributed by atoms with Crippen molar-refractivity contribution in [1.29, 1.82) is 0 Å². The van der Waals surface area contributed by atoms with Crippen LogP contribution in [0.3, 0.4) is 0 Å². The van der Waals surface area contributed by atoms with Crippen molar-refractivity contribution in [3.8, 4) is 11.3 Å². The molecule has 0 unspecified atom stereocenters. The normalized spacial score (nSPS) is 16.2. The Balaban J connectivity index is 1.39. The highest BCUT2D eigenvalue weighted by molar-refractivity contribution is 7.89. The molecule has 152 valence electrons. The summed E-state index contributed by atoms with van der Waals surface area (Å²) in [7, 11) is -3.47. The van der Waals surface area contributed by atoms with Crippen LogP contribution in [0.4, 0.5) is 0 Å². The van der Waals surface area contributed by atoms with Crippen molar-refractivity contribution in [2.24, 2.45) is 0 Å². The van der Waals surface area contributed by atoms with E-state index >= 15 is 0 Å². The molecule has 0 N–H and O–H groups in total. The molecule has 1 aliphatic heterocycles. The van der Waals surface area contributed by atoms with Crippen LogP contribution in [-0.2, 0) is 16.6 Å². The van der Waals surface area contributed by atoms with Crippen molar-refractivity contribution >= 4 is 10.0 Å². The number of aryl methyl sites for hydroxylation is 2. The lowest BCUT2D eigenvalue weighted by Crippen LogP contribution is -2.48. The number of sulfonamides is 1. The predicted octanol–water partition coefficient (Wildman–Crippen LogP) is 3.46. The largest absolute Gasteiger partial charge is 0.356 e. The maximum atomic E-state index is 13.0. The minimum absolute atomic E-state index is 0.403. The minimum Gasteiger partial charge on any atom is -0.356 e. The third-order valence-electron chi connectivity index (χ3n) is 5.28. The zero-order valence-corrected chi connectivity index (χ0v) is 17.5. The molecular formula is C22H25N3O3S. The van der Waals surface area contributed by atoms with E-state index in [4.69, 9.17) is 4.52 Å². The van der Waals surface area contributed by atoms with Crippen LogP contribution in [-0.4, -0.2) is 49.0 Å². The monoisotopic (exact) mass is 411 g/mol. The van der Waals surface area contributed by atoms with Gasteiger partial charge in [0, 0.05) is 44.4 Å². The minimum atomic E-state index is -3.47. The lowest BCUT2D eigenvalue weighted by molar-refractivity contribution is 0.178. The van der Waals surface area contributed by atoms with Crippen LogP contribution in [0.15, 0.2) is 64.0 Å². The van der Waals surface area contributed by atoms with Gasteiger partial charge in [-0.3, -0.25) is 4.90 Å². The van der Waals surface area contributed by atoms with Crippen molar-refractivity contribution in [2.75, 3.05) is 26.2 Å². The summed E-state index contributed by atoms with van der Waals surface area (Å²) in [4.78, 5) is 2.61. The molecule has 0 bridgehead atoms. The number of hydrogen-bond acceptors (Lipinski definition) is 5. The Morgan fingerprint density at radius 3 is 2.38 bits per heavy atom. The Bertz CT molecular complexity index is 1090. The van der Waals surface area contributed by atoms with Gasteiger partial charge in [-0.1, -0.05) is 53.2 Å². The first-order valence-electron chi connectivity index (χ1n) is 9.74. The third kappa shape index (κ3) is 4.27. The number of nitrogens with zero attached hydrogens (tertiary/aromatic N) is 3. The first-order valence-corrected chi connectivity index (χ1v) is 11.2. The van der Waals surface area contributed by atoms with Gasteiger partial charge in [0.05, 0.1) is 10.6 Å². The second-order valence-corrected chi connectivity index (χ2v) is 9.40. The van der Waals surface area contributed by atoms with Gasteiger partial charge in [-0.2, -0.15) is 4.31 Å². The van der Waals surface area contributed by atoms with E-state index in [1.54, 1.807) is 10.4 Å². The van der Waals surface area contributed by atoms with Gasteiger partial charge in [0.1, 0.15) is 0 Å². The quantitative estimate of drug-likeness (QED) is 0.643. The van der Waals surface area contributed by atoms with Gasteiger partial charge < -0.3 is 4.52 Å². The molecule has 6 nitrogen and oxygen atoms in total. The van der Waals surface area contributed by atoms with Crippen LogP contribution in [0.1, 0.15) is 16.8 Å². The Morgan fingerprint density at radius 1 is 0.966 bits per heavy atom. The molecule has 0 aliphatic carbocycles. The molecule has 7 heteroatoms. The molecule has 29 heavy (non-hydrogen) atoms. The molecule has 1 saturated heterocycles. The Labute approximate surface area is 171 Å². The average molecular weight is 412 g/mol. The molecule has 0 radical (unpaired) electrons. The van der Waals surface area contributed by atoms with Crippen LogP contribution >= 0.6 is 0 Å². The number of rotatable bonds is 5. The molecular weight excluding hydrogens is 386 g/mol. The van der Waals surface area contributed by atoms with E-state index in [0.29, 0.717) is 37.6 Å². The van der Waals surface area contributed by atoms with Gasteiger partial charge >= 0.3 is 0 Å². The van der Waals surface area contributed by atoms with E-state index < -0.39 is 10.0 Å². The van der Waals surface area contributed by atoms with Gasteiger partial charge in [0.25, 0.3) is 0 Å².